The average Bonchev–Trinajstić information content (AvgIpc) is 3.06. The van der Waals surface area contributed by atoms with E-state index in [2.05, 4.69) is 46.8 Å². The lowest BCUT2D eigenvalue weighted by Gasteiger charge is -2.14. The van der Waals surface area contributed by atoms with Gasteiger partial charge >= 0.3 is 6.03 Å². The Labute approximate surface area is 168 Å². The van der Waals surface area contributed by atoms with Crippen molar-refractivity contribution in [3.8, 4) is 11.5 Å². The standard InChI is InChI=1S/C23H19N3O3/c1-15-3-2-4-17(13-15)6-5-16-7-9-18(10-8-16)29-20-11-12-24-14-19(20)21-22(27)26-23(28)25-21/h2-14,21H,1H3,(H2,25,26,27,28)/b6-5+. The summed E-state index contributed by atoms with van der Waals surface area (Å²) >= 11 is 0. The minimum absolute atomic E-state index is 0.426. The van der Waals surface area contributed by atoms with Crippen LogP contribution in [0, 0.1) is 6.92 Å². The van der Waals surface area contributed by atoms with Crippen LogP contribution in [0.15, 0.2) is 67.0 Å². The van der Waals surface area contributed by atoms with Gasteiger partial charge in [0.25, 0.3) is 5.91 Å². The zero-order valence-electron chi connectivity index (χ0n) is 15.8. The molecule has 4 rings (SSSR count). The van der Waals surface area contributed by atoms with Crippen LogP contribution in [-0.2, 0) is 4.79 Å². The molecule has 0 aliphatic carbocycles. The highest BCUT2D eigenvalue weighted by Crippen LogP contribution is 2.30. The second-order valence-corrected chi connectivity index (χ2v) is 6.73. The number of nitrogens with one attached hydrogen (secondary N) is 2. The third-order valence-electron chi connectivity index (χ3n) is 4.51. The van der Waals surface area contributed by atoms with Crippen LogP contribution in [0.1, 0.15) is 28.3 Å². The molecule has 2 heterocycles. The van der Waals surface area contributed by atoms with Crippen molar-refractivity contribution in [1.29, 1.82) is 0 Å². The minimum atomic E-state index is -0.817. The number of imide groups is 1. The van der Waals surface area contributed by atoms with Gasteiger partial charge in [-0.1, -0.05) is 54.1 Å². The van der Waals surface area contributed by atoms with E-state index >= 15 is 0 Å². The Bertz CT molecular complexity index is 1090. The van der Waals surface area contributed by atoms with Gasteiger partial charge in [0.1, 0.15) is 17.5 Å². The van der Waals surface area contributed by atoms with Gasteiger partial charge in [-0.2, -0.15) is 0 Å². The lowest BCUT2D eigenvalue weighted by molar-refractivity contribution is -0.120. The number of aryl methyl sites for hydroxylation is 1. The summed E-state index contributed by atoms with van der Waals surface area (Å²) in [5.74, 6) is 0.657. The first-order chi connectivity index (χ1) is 14.1. The number of nitrogens with zero attached hydrogens (tertiary/aromatic N) is 1. The lowest BCUT2D eigenvalue weighted by atomic mass is 10.1. The maximum Gasteiger partial charge on any atom is 0.322 e. The Morgan fingerprint density at radius 2 is 1.79 bits per heavy atom. The molecule has 0 saturated carbocycles. The van der Waals surface area contributed by atoms with Crippen molar-refractivity contribution < 1.29 is 14.3 Å². The van der Waals surface area contributed by atoms with Gasteiger partial charge in [0.2, 0.25) is 0 Å². The third-order valence-corrected chi connectivity index (χ3v) is 4.51. The number of amides is 3. The van der Waals surface area contributed by atoms with Gasteiger partial charge in [0.15, 0.2) is 0 Å². The van der Waals surface area contributed by atoms with Gasteiger partial charge < -0.3 is 10.1 Å². The van der Waals surface area contributed by atoms with Crippen molar-refractivity contribution in [2.24, 2.45) is 0 Å². The summed E-state index contributed by atoms with van der Waals surface area (Å²) in [6.45, 7) is 2.07. The highest BCUT2D eigenvalue weighted by Gasteiger charge is 2.33. The number of hydrogen-bond donors (Lipinski definition) is 2. The van der Waals surface area contributed by atoms with E-state index in [0.717, 1.165) is 11.1 Å². The fourth-order valence-corrected chi connectivity index (χ4v) is 3.08. The van der Waals surface area contributed by atoms with Gasteiger partial charge in [-0.25, -0.2) is 4.79 Å². The number of urea groups is 1. The van der Waals surface area contributed by atoms with Crippen molar-refractivity contribution in [3.05, 3.63) is 89.2 Å². The summed E-state index contributed by atoms with van der Waals surface area (Å²) in [6.07, 6.45) is 7.19. The molecule has 0 radical (unpaired) electrons. The Morgan fingerprint density at radius 1 is 1.00 bits per heavy atom. The lowest BCUT2D eigenvalue weighted by Crippen LogP contribution is -2.22. The SMILES string of the molecule is Cc1cccc(/C=C/c2ccc(Oc3ccncc3C3NC(=O)NC3=O)cc2)c1. The molecule has 1 unspecified atom stereocenters. The molecule has 1 fully saturated rings. The number of benzene rings is 2. The van der Waals surface area contributed by atoms with Crippen LogP contribution in [0.3, 0.4) is 0 Å². The van der Waals surface area contributed by atoms with Crippen LogP contribution in [0.25, 0.3) is 12.2 Å². The molecule has 0 spiro atoms. The molecule has 1 atom stereocenters. The molecular weight excluding hydrogens is 366 g/mol. The van der Waals surface area contributed by atoms with E-state index in [1.165, 1.54) is 11.8 Å². The Morgan fingerprint density at radius 3 is 2.52 bits per heavy atom. The highest BCUT2D eigenvalue weighted by atomic mass is 16.5. The van der Waals surface area contributed by atoms with Crippen molar-refractivity contribution in [1.82, 2.24) is 15.6 Å². The topological polar surface area (TPSA) is 80.3 Å². The van der Waals surface area contributed by atoms with Crippen LogP contribution in [0.4, 0.5) is 4.79 Å². The second-order valence-electron chi connectivity index (χ2n) is 6.73. The maximum atomic E-state index is 12.0. The molecule has 6 nitrogen and oxygen atoms in total. The molecule has 144 valence electrons. The first kappa shape index (κ1) is 18.4. The summed E-state index contributed by atoms with van der Waals surface area (Å²) in [6, 6.07) is 16.2. The molecule has 29 heavy (non-hydrogen) atoms. The summed E-state index contributed by atoms with van der Waals surface area (Å²) in [7, 11) is 0. The van der Waals surface area contributed by atoms with Crippen LogP contribution in [-0.4, -0.2) is 16.9 Å². The molecule has 0 bridgehead atoms. The summed E-state index contributed by atoms with van der Waals surface area (Å²) in [5.41, 5.74) is 3.90. The highest BCUT2D eigenvalue weighted by molar-refractivity contribution is 6.04. The molecule has 1 aromatic heterocycles. The number of carbonyl (C=O) groups is 2. The number of ether oxygens (including phenoxy) is 1. The number of carbonyl (C=O) groups excluding carboxylic acids is 2. The van der Waals surface area contributed by atoms with E-state index in [9.17, 15) is 9.59 Å². The third kappa shape index (κ3) is 4.32. The summed E-state index contributed by atoms with van der Waals surface area (Å²) in [4.78, 5) is 27.4. The van der Waals surface area contributed by atoms with Crippen molar-refractivity contribution in [3.63, 3.8) is 0 Å². The van der Waals surface area contributed by atoms with E-state index in [0.29, 0.717) is 17.1 Å². The van der Waals surface area contributed by atoms with Gasteiger partial charge in [-0.3, -0.25) is 15.1 Å². The van der Waals surface area contributed by atoms with Gasteiger partial charge in [-0.15, -0.1) is 0 Å². The van der Waals surface area contributed by atoms with Crippen molar-refractivity contribution in [2.75, 3.05) is 0 Å². The molecule has 2 N–H and O–H groups in total. The van der Waals surface area contributed by atoms with Crippen molar-refractivity contribution in [2.45, 2.75) is 13.0 Å². The predicted molar refractivity (Wildman–Crippen MR) is 110 cm³/mol. The first-order valence-corrected chi connectivity index (χ1v) is 9.16. The average molecular weight is 385 g/mol. The zero-order valence-corrected chi connectivity index (χ0v) is 15.8. The zero-order chi connectivity index (χ0) is 20.2. The molecule has 2 aromatic carbocycles. The van der Waals surface area contributed by atoms with Crippen LogP contribution < -0.4 is 15.4 Å². The van der Waals surface area contributed by atoms with E-state index in [1.54, 1.807) is 12.3 Å². The maximum absolute atomic E-state index is 12.0. The smallest absolute Gasteiger partial charge is 0.322 e. The van der Waals surface area contributed by atoms with Crippen LogP contribution in [0.2, 0.25) is 0 Å². The summed E-state index contributed by atoms with van der Waals surface area (Å²) in [5, 5.41) is 4.78. The predicted octanol–water partition coefficient (Wildman–Crippen LogP) is 4.23. The number of aromatic nitrogens is 1. The normalized spacial score (nSPS) is 16.0. The Hall–Kier alpha value is -3.93. The molecule has 3 amide bonds. The largest absolute Gasteiger partial charge is 0.457 e. The molecule has 1 aliphatic heterocycles. The fraction of sp³-hybridized carbons (Fsp3) is 0.0870. The van der Waals surface area contributed by atoms with E-state index in [-0.39, 0.29) is 0 Å². The molecule has 1 aliphatic rings. The minimum Gasteiger partial charge on any atom is -0.457 e. The molecule has 3 aromatic rings. The van der Waals surface area contributed by atoms with Gasteiger partial charge in [0, 0.05) is 18.0 Å². The van der Waals surface area contributed by atoms with Gasteiger partial charge in [0.05, 0.1) is 0 Å². The van der Waals surface area contributed by atoms with Crippen molar-refractivity contribution >= 4 is 24.1 Å². The number of hydrogen-bond acceptors (Lipinski definition) is 4. The molecule has 6 heteroatoms. The van der Waals surface area contributed by atoms with Gasteiger partial charge in [-0.05, 0) is 36.2 Å². The molecular formula is C23H19N3O3. The Balaban J connectivity index is 1.50. The van der Waals surface area contributed by atoms with E-state index in [4.69, 9.17) is 4.74 Å². The number of rotatable bonds is 5. The van der Waals surface area contributed by atoms with E-state index < -0.39 is 18.0 Å². The van der Waals surface area contributed by atoms with E-state index in [1.807, 2.05) is 36.4 Å². The Kier molecular flexibility index (Phi) is 5.07. The van der Waals surface area contributed by atoms with Crippen LogP contribution >= 0.6 is 0 Å². The second kappa shape index (κ2) is 7.98. The molecule has 1 saturated heterocycles. The first-order valence-electron chi connectivity index (χ1n) is 9.16. The van der Waals surface area contributed by atoms with Crippen LogP contribution in [0.5, 0.6) is 11.5 Å². The quantitative estimate of drug-likeness (QED) is 0.509. The fourth-order valence-electron chi connectivity index (χ4n) is 3.08. The monoisotopic (exact) mass is 385 g/mol. The number of pyridine rings is 1. The summed E-state index contributed by atoms with van der Waals surface area (Å²) < 4.78 is 5.94.